The van der Waals surface area contributed by atoms with Gasteiger partial charge in [0.25, 0.3) is 5.56 Å². The number of fused-ring (bicyclic) bond motifs is 3. The largest absolute Gasteiger partial charge is 0.325 e. The van der Waals surface area contributed by atoms with Gasteiger partial charge in [-0.2, -0.15) is 4.98 Å². The van der Waals surface area contributed by atoms with Gasteiger partial charge in [-0.25, -0.2) is 0 Å². The zero-order valence-electron chi connectivity index (χ0n) is 8.69. The van der Waals surface area contributed by atoms with Crippen molar-refractivity contribution in [1.82, 2.24) is 9.55 Å². The van der Waals surface area contributed by atoms with Gasteiger partial charge in [-0.05, 0) is 18.6 Å². The van der Waals surface area contributed by atoms with E-state index in [4.69, 9.17) is 0 Å². The maximum atomic E-state index is 11.8. The second-order valence-corrected chi connectivity index (χ2v) is 4.71. The van der Waals surface area contributed by atoms with Gasteiger partial charge in [0.15, 0.2) is 0 Å². The molecule has 1 aliphatic heterocycles. The first-order valence-corrected chi connectivity index (χ1v) is 6.49. The standard InChI is InChI=1S/C12H11BrN2O/c13-7-8-5-6-11-14-12(16)9-3-1-2-4-10(9)15(8)11/h1-4,8H,5-7H2. The van der Waals surface area contributed by atoms with Crippen LogP contribution in [-0.2, 0) is 6.42 Å². The molecule has 0 fully saturated rings. The molecule has 0 spiro atoms. The number of aromatic nitrogens is 2. The van der Waals surface area contributed by atoms with Crippen molar-refractivity contribution in [2.24, 2.45) is 0 Å². The fourth-order valence-electron chi connectivity index (χ4n) is 2.39. The van der Waals surface area contributed by atoms with Gasteiger partial charge in [0, 0.05) is 17.8 Å². The van der Waals surface area contributed by atoms with Gasteiger partial charge >= 0.3 is 0 Å². The summed E-state index contributed by atoms with van der Waals surface area (Å²) in [5, 5.41) is 1.63. The topological polar surface area (TPSA) is 34.9 Å². The molecule has 0 radical (unpaired) electrons. The van der Waals surface area contributed by atoms with E-state index in [9.17, 15) is 4.79 Å². The van der Waals surface area contributed by atoms with E-state index in [-0.39, 0.29) is 5.56 Å². The molecule has 2 heterocycles. The lowest BCUT2D eigenvalue weighted by Crippen LogP contribution is -2.17. The predicted octanol–water partition coefficient (Wildman–Crippen LogP) is 2.28. The average Bonchev–Trinajstić information content (AvgIpc) is 2.72. The Kier molecular flexibility index (Phi) is 2.32. The molecule has 0 bridgehead atoms. The van der Waals surface area contributed by atoms with Crippen LogP contribution in [0.15, 0.2) is 29.1 Å². The SMILES string of the molecule is O=c1nc2n(c3ccccc13)C(CBr)CC2. The fraction of sp³-hybridized carbons (Fsp3) is 0.333. The number of hydrogen-bond donors (Lipinski definition) is 0. The summed E-state index contributed by atoms with van der Waals surface area (Å²) in [4.78, 5) is 16.0. The Labute approximate surface area is 101 Å². The minimum Gasteiger partial charge on any atom is -0.325 e. The van der Waals surface area contributed by atoms with Gasteiger partial charge in [0.05, 0.1) is 10.9 Å². The highest BCUT2D eigenvalue weighted by Crippen LogP contribution is 2.28. The quantitative estimate of drug-likeness (QED) is 0.751. The molecular weight excluding hydrogens is 268 g/mol. The Morgan fingerprint density at radius 1 is 1.44 bits per heavy atom. The van der Waals surface area contributed by atoms with Gasteiger partial charge in [-0.1, -0.05) is 28.1 Å². The van der Waals surface area contributed by atoms with Crippen molar-refractivity contribution in [3.63, 3.8) is 0 Å². The van der Waals surface area contributed by atoms with E-state index in [2.05, 4.69) is 25.5 Å². The molecule has 1 aliphatic rings. The van der Waals surface area contributed by atoms with E-state index in [1.807, 2.05) is 24.3 Å². The molecule has 0 aliphatic carbocycles. The number of hydrogen-bond acceptors (Lipinski definition) is 2. The second kappa shape index (κ2) is 3.70. The van der Waals surface area contributed by atoms with Crippen molar-refractivity contribution in [3.05, 3.63) is 40.4 Å². The summed E-state index contributed by atoms with van der Waals surface area (Å²) in [6.07, 6.45) is 1.96. The molecule has 16 heavy (non-hydrogen) atoms. The molecular formula is C12H11BrN2O. The number of alkyl halides is 1. The van der Waals surface area contributed by atoms with E-state index >= 15 is 0 Å². The molecule has 1 atom stereocenters. The second-order valence-electron chi connectivity index (χ2n) is 4.07. The summed E-state index contributed by atoms with van der Waals surface area (Å²) in [7, 11) is 0. The van der Waals surface area contributed by atoms with Crippen molar-refractivity contribution in [2.75, 3.05) is 5.33 Å². The van der Waals surface area contributed by atoms with Gasteiger partial charge in [-0.15, -0.1) is 0 Å². The first kappa shape index (κ1) is 10.0. The highest BCUT2D eigenvalue weighted by atomic mass is 79.9. The summed E-state index contributed by atoms with van der Waals surface area (Å²) in [5.41, 5.74) is 0.913. The zero-order valence-corrected chi connectivity index (χ0v) is 10.3. The smallest absolute Gasteiger partial charge is 0.280 e. The summed E-state index contributed by atoms with van der Waals surface area (Å²) in [5.74, 6) is 0.924. The molecule has 2 aromatic rings. The highest BCUT2D eigenvalue weighted by Gasteiger charge is 2.23. The normalized spacial score (nSPS) is 18.9. The third-order valence-electron chi connectivity index (χ3n) is 3.15. The van der Waals surface area contributed by atoms with Crippen LogP contribution in [-0.4, -0.2) is 14.9 Å². The van der Waals surface area contributed by atoms with Crippen LogP contribution in [0.25, 0.3) is 10.9 Å². The number of aryl methyl sites for hydroxylation is 1. The minimum atomic E-state index is -0.0999. The summed E-state index contributed by atoms with van der Waals surface area (Å²) in [6.45, 7) is 0. The zero-order chi connectivity index (χ0) is 11.1. The monoisotopic (exact) mass is 278 g/mol. The van der Waals surface area contributed by atoms with Crippen LogP contribution in [0, 0.1) is 0 Å². The van der Waals surface area contributed by atoms with Crippen molar-refractivity contribution in [2.45, 2.75) is 18.9 Å². The van der Waals surface area contributed by atoms with Crippen LogP contribution < -0.4 is 5.56 Å². The first-order valence-electron chi connectivity index (χ1n) is 5.37. The van der Waals surface area contributed by atoms with Crippen LogP contribution in [0.3, 0.4) is 0 Å². The van der Waals surface area contributed by atoms with E-state index in [0.29, 0.717) is 6.04 Å². The number of halogens is 1. The average molecular weight is 279 g/mol. The summed E-state index contributed by atoms with van der Waals surface area (Å²) >= 11 is 3.52. The van der Waals surface area contributed by atoms with Crippen LogP contribution in [0.4, 0.5) is 0 Å². The molecule has 1 unspecified atom stereocenters. The summed E-state index contributed by atoms with van der Waals surface area (Å²) in [6, 6.07) is 8.13. The van der Waals surface area contributed by atoms with E-state index < -0.39 is 0 Å². The van der Waals surface area contributed by atoms with Gasteiger partial charge in [0.1, 0.15) is 5.82 Å². The predicted molar refractivity (Wildman–Crippen MR) is 67.2 cm³/mol. The molecule has 4 heteroatoms. The van der Waals surface area contributed by atoms with E-state index in [1.165, 1.54) is 0 Å². The van der Waals surface area contributed by atoms with Crippen molar-refractivity contribution >= 4 is 26.8 Å². The van der Waals surface area contributed by atoms with E-state index in [1.54, 1.807) is 0 Å². The number of benzene rings is 1. The van der Waals surface area contributed by atoms with Crippen LogP contribution in [0.2, 0.25) is 0 Å². The number of para-hydroxylation sites is 1. The van der Waals surface area contributed by atoms with Crippen LogP contribution in [0.1, 0.15) is 18.3 Å². The van der Waals surface area contributed by atoms with Crippen LogP contribution >= 0.6 is 15.9 Å². The van der Waals surface area contributed by atoms with Crippen molar-refractivity contribution in [1.29, 1.82) is 0 Å². The van der Waals surface area contributed by atoms with E-state index in [0.717, 1.165) is 34.9 Å². The Morgan fingerprint density at radius 2 is 2.25 bits per heavy atom. The summed E-state index contributed by atoms with van der Waals surface area (Å²) < 4.78 is 2.20. The third kappa shape index (κ3) is 1.33. The molecule has 3 nitrogen and oxygen atoms in total. The molecule has 0 amide bonds. The molecule has 3 rings (SSSR count). The molecule has 0 N–H and O–H groups in total. The molecule has 0 saturated heterocycles. The first-order chi connectivity index (χ1) is 7.81. The molecule has 0 saturated carbocycles. The van der Waals surface area contributed by atoms with Gasteiger partial charge < -0.3 is 4.57 Å². The lowest BCUT2D eigenvalue weighted by atomic mass is 10.2. The number of rotatable bonds is 1. The Morgan fingerprint density at radius 3 is 3.06 bits per heavy atom. The molecule has 1 aromatic carbocycles. The lowest BCUT2D eigenvalue weighted by Gasteiger charge is -2.14. The Bertz CT molecular complexity index is 605. The molecule has 1 aromatic heterocycles. The van der Waals surface area contributed by atoms with Crippen molar-refractivity contribution in [3.8, 4) is 0 Å². The maximum absolute atomic E-state index is 11.8. The van der Waals surface area contributed by atoms with Crippen molar-refractivity contribution < 1.29 is 0 Å². The maximum Gasteiger partial charge on any atom is 0.280 e. The van der Waals surface area contributed by atoms with Gasteiger partial charge in [-0.3, -0.25) is 4.79 Å². The fourth-order valence-corrected chi connectivity index (χ4v) is 3.00. The van der Waals surface area contributed by atoms with Gasteiger partial charge in [0.2, 0.25) is 0 Å². The third-order valence-corrected chi connectivity index (χ3v) is 3.89. The Hall–Kier alpha value is -1.16. The lowest BCUT2D eigenvalue weighted by molar-refractivity contribution is 0.605. The number of nitrogens with zero attached hydrogens (tertiary/aromatic N) is 2. The Balaban J connectivity index is 2.42. The molecule has 82 valence electrons. The highest BCUT2D eigenvalue weighted by molar-refractivity contribution is 9.09. The minimum absolute atomic E-state index is 0.0999. The van der Waals surface area contributed by atoms with Crippen LogP contribution in [0.5, 0.6) is 0 Å².